The van der Waals surface area contributed by atoms with E-state index < -0.39 is 0 Å². The normalized spacial score (nSPS) is 12.4. The van der Waals surface area contributed by atoms with Gasteiger partial charge in [0.05, 0.1) is 0 Å². The Balaban J connectivity index is 2.15. The van der Waals surface area contributed by atoms with Crippen molar-refractivity contribution in [2.75, 3.05) is 6.26 Å². The van der Waals surface area contributed by atoms with Crippen LogP contribution in [-0.4, -0.2) is 6.26 Å². The van der Waals surface area contributed by atoms with Crippen molar-refractivity contribution in [1.82, 2.24) is 0 Å². The van der Waals surface area contributed by atoms with E-state index in [4.69, 9.17) is 5.73 Å². The summed E-state index contributed by atoms with van der Waals surface area (Å²) in [6.45, 7) is 1.98. The molecule has 3 heteroatoms. The maximum atomic E-state index is 13.3. The SMILES string of the molecule is CSc1ccc(C(N)Cc2cc(F)ccc2C)cc1. The van der Waals surface area contributed by atoms with Crippen LogP contribution in [0.5, 0.6) is 0 Å². The molecule has 2 N–H and O–H groups in total. The van der Waals surface area contributed by atoms with Crippen molar-refractivity contribution in [3.05, 3.63) is 65.0 Å². The molecule has 0 heterocycles. The molecule has 2 aromatic carbocycles. The largest absolute Gasteiger partial charge is 0.324 e. The van der Waals surface area contributed by atoms with Crippen molar-refractivity contribution in [1.29, 1.82) is 0 Å². The van der Waals surface area contributed by atoms with Crippen molar-refractivity contribution < 1.29 is 4.39 Å². The molecule has 19 heavy (non-hydrogen) atoms. The third-order valence-corrected chi connectivity index (χ3v) is 4.04. The number of benzene rings is 2. The van der Waals surface area contributed by atoms with Gasteiger partial charge in [-0.15, -0.1) is 11.8 Å². The average Bonchev–Trinajstić information content (AvgIpc) is 2.43. The summed E-state index contributed by atoms with van der Waals surface area (Å²) in [6.07, 6.45) is 2.70. The monoisotopic (exact) mass is 275 g/mol. The Hall–Kier alpha value is -1.32. The van der Waals surface area contributed by atoms with Gasteiger partial charge in [0.1, 0.15) is 5.82 Å². The molecule has 0 aromatic heterocycles. The third-order valence-electron chi connectivity index (χ3n) is 3.29. The Morgan fingerprint density at radius 3 is 2.47 bits per heavy atom. The number of thioether (sulfide) groups is 1. The third kappa shape index (κ3) is 3.58. The molecule has 1 nitrogen and oxygen atoms in total. The zero-order valence-corrected chi connectivity index (χ0v) is 12.0. The van der Waals surface area contributed by atoms with Gasteiger partial charge in [-0.05, 0) is 60.6 Å². The lowest BCUT2D eigenvalue weighted by atomic mass is 9.97. The van der Waals surface area contributed by atoms with Crippen molar-refractivity contribution in [3.63, 3.8) is 0 Å². The van der Waals surface area contributed by atoms with Crippen LogP contribution in [0.4, 0.5) is 4.39 Å². The summed E-state index contributed by atoms with van der Waals surface area (Å²) in [5.74, 6) is -0.203. The number of nitrogens with two attached hydrogens (primary N) is 1. The highest BCUT2D eigenvalue weighted by Crippen LogP contribution is 2.22. The van der Waals surface area contributed by atoms with Gasteiger partial charge < -0.3 is 5.73 Å². The topological polar surface area (TPSA) is 26.0 Å². The maximum Gasteiger partial charge on any atom is 0.123 e. The van der Waals surface area contributed by atoms with Crippen LogP contribution < -0.4 is 5.73 Å². The highest BCUT2D eigenvalue weighted by Gasteiger charge is 2.09. The second kappa shape index (κ2) is 6.22. The summed E-state index contributed by atoms with van der Waals surface area (Å²) in [5.41, 5.74) is 9.35. The van der Waals surface area contributed by atoms with Gasteiger partial charge in [-0.3, -0.25) is 0 Å². The van der Waals surface area contributed by atoms with Crippen LogP contribution in [0.15, 0.2) is 47.4 Å². The van der Waals surface area contributed by atoms with Crippen LogP contribution in [0, 0.1) is 12.7 Å². The fourth-order valence-electron chi connectivity index (χ4n) is 2.07. The second-order valence-electron chi connectivity index (χ2n) is 4.65. The molecule has 1 unspecified atom stereocenters. The summed E-state index contributed by atoms with van der Waals surface area (Å²) in [7, 11) is 0. The minimum absolute atomic E-state index is 0.101. The van der Waals surface area contributed by atoms with Crippen LogP contribution in [0.1, 0.15) is 22.7 Å². The van der Waals surface area contributed by atoms with E-state index in [9.17, 15) is 4.39 Å². The molecule has 0 bridgehead atoms. The van der Waals surface area contributed by atoms with Crippen molar-refractivity contribution in [3.8, 4) is 0 Å². The number of hydrogen-bond donors (Lipinski definition) is 1. The predicted molar refractivity (Wildman–Crippen MR) is 80.0 cm³/mol. The van der Waals surface area contributed by atoms with Crippen molar-refractivity contribution >= 4 is 11.8 Å². The second-order valence-corrected chi connectivity index (χ2v) is 5.53. The molecule has 0 saturated heterocycles. The lowest BCUT2D eigenvalue weighted by Gasteiger charge is -2.14. The molecule has 0 aliphatic heterocycles. The first-order chi connectivity index (χ1) is 9.10. The van der Waals surface area contributed by atoms with Gasteiger partial charge in [0.2, 0.25) is 0 Å². The Morgan fingerprint density at radius 2 is 1.84 bits per heavy atom. The minimum Gasteiger partial charge on any atom is -0.324 e. The number of aryl methyl sites for hydroxylation is 1. The quantitative estimate of drug-likeness (QED) is 0.850. The summed E-state index contributed by atoms with van der Waals surface area (Å²) in [4.78, 5) is 1.22. The molecule has 0 radical (unpaired) electrons. The van der Waals surface area contributed by atoms with E-state index in [0.29, 0.717) is 6.42 Å². The Labute approximate surface area is 118 Å². The van der Waals surface area contributed by atoms with E-state index in [1.165, 1.54) is 11.0 Å². The average molecular weight is 275 g/mol. The van der Waals surface area contributed by atoms with Crippen LogP contribution in [-0.2, 0) is 6.42 Å². The van der Waals surface area contributed by atoms with E-state index in [0.717, 1.165) is 16.7 Å². The smallest absolute Gasteiger partial charge is 0.123 e. The summed E-state index contributed by atoms with van der Waals surface area (Å²) < 4.78 is 13.3. The van der Waals surface area contributed by atoms with E-state index in [1.54, 1.807) is 23.9 Å². The zero-order valence-electron chi connectivity index (χ0n) is 11.2. The molecule has 0 aliphatic carbocycles. The first kappa shape index (κ1) is 14.1. The summed E-state index contributed by atoms with van der Waals surface area (Å²) in [5, 5.41) is 0. The van der Waals surface area contributed by atoms with Gasteiger partial charge in [0.15, 0.2) is 0 Å². The fraction of sp³-hybridized carbons (Fsp3) is 0.250. The molecule has 0 fully saturated rings. The number of rotatable bonds is 4. The molecule has 1 atom stereocenters. The Kier molecular flexibility index (Phi) is 4.61. The number of hydrogen-bond acceptors (Lipinski definition) is 2. The van der Waals surface area contributed by atoms with Crippen LogP contribution in [0.3, 0.4) is 0 Å². The molecule has 0 spiro atoms. The van der Waals surface area contributed by atoms with Gasteiger partial charge in [-0.1, -0.05) is 18.2 Å². The molecule has 0 saturated carbocycles. The molecule has 2 aromatic rings. The summed E-state index contributed by atoms with van der Waals surface area (Å²) in [6, 6.07) is 13.0. The molecular formula is C16H18FNS. The number of halogens is 1. The van der Waals surface area contributed by atoms with Gasteiger partial charge in [-0.2, -0.15) is 0 Å². The molecule has 100 valence electrons. The lowest BCUT2D eigenvalue weighted by molar-refractivity contribution is 0.621. The van der Waals surface area contributed by atoms with Crippen molar-refractivity contribution in [2.45, 2.75) is 24.3 Å². The highest BCUT2D eigenvalue weighted by molar-refractivity contribution is 7.98. The fourth-order valence-corrected chi connectivity index (χ4v) is 2.47. The molecule has 0 aliphatic rings. The van der Waals surface area contributed by atoms with E-state index in [2.05, 4.69) is 12.1 Å². The predicted octanol–water partition coefficient (Wildman–Crippen LogP) is 4.10. The first-order valence-corrected chi connectivity index (χ1v) is 7.47. The van der Waals surface area contributed by atoms with Crippen LogP contribution in [0.25, 0.3) is 0 Å². The van der Waals surface area contributed by atoms with Crippen LogP contribution >= 0.6 is 11.8 Å². The maximum absolute atomic E-state index is 13.3. The Morgan fingerprint density at radius 1 is 1.16 bits per heavy atom. The van der Waals surface area contributed by atoms with E-state index >= 15 is 0 Å². The van der Waals surface area contributed by atoms with Crippen LogP contribution in [0.2, 0.25) is 0 Å². The van der Waals surface area contributed by atoms with Crippen molar-refractivity contribution in [2.24, 2.45) is 5.73 Å². The van der Waals surface area contributed by atoms with Gasteiger partial charge in [-0.25, -0.2) is 4.39 Å². The lowest BCUT2D eigenvalue weighted by Crippen LogP contribution is -2.14. The van der Waals surface area contributed by atoms with Gasteiger partial charge >= 0.3 is 0 Å². The molecule has 2 rings (SSSR count). The van der Waals surface area contributed by atoms with E-state index in [1.807, 2.05) is 25.3 Å². The standard InChI is InChI=1S/C16H18FNS/c1-11-3-6-14(17)9-13(11)10-16(18)12-4-7-15(19-2)8-5-12/h3-9,16H,10,18H2,1-2H3. The minimum atomic E-state index is -0.203. The molecular weight excluding hydrogens is 257 g/mol. The van der Waals surface area contributed by atoms with Gasteiger partial charge in [0.25, 0.3) is 0 Å². The van der Waals surface area contributed by atoms with Gasteiger partial charge in [0, 0.05) is 10.9 Å². The molecule has 0 amide bonds. The Bertz CT molecular complexity index is 551. The summed E-state index contributed by atoms with van der Waals surface area (Å²) >= 11 is 1.71. The highest BCUT2D eigenvalue weighted by atomic mass is 32.2. The first-order valence-electron chi connectivity index (χ1n) is 6.24. The zero-order chi connectivity index (χ0) is 13.8. The van der Waals surface area contributed by atoms with E-state index in [-0.39, 0.29) is 11.9 Å².